The van der Waals surface area contributed by atoms with E-state index in [1.165, 1.54) is 0 Å². The van der Waals surface area contributed by atoms with E-state index >= 15 is 0 Å². The molecular formula is C12H21N3O2. The summed E-state index contributed by atoms with van der Waals surface area (Å²) >= 11 is 0. The van der Waals surface area contributed by atoms with Gasteiger partial charge >= 0.3 is 0 Å². The molecule has 17 heavy (non-hydrogen) atoms. The van der Waals surface area contributed by atoms with Gasteiger partial charge in [0.2, 0.25) is 5.88 Å². The van der Waals surface area contributed by atoms with E-state index in [0.29, 0.717) is 24.9 Å². The van der Waals surface area contributed by atoms with Crippen molar-refractivity contribution in [2.75, 3.05) is 26.1 Å². The van der Waals surface area contributed by atoms with E-state index in [9.17, 15) is 0 Å². The summed E-state index contributed by atoms with van der Waals surface area (Å²) in [7, 11) is 1.67. The van der Waals surface area contributed by atoms with Crippen LogP contribution in [0.4, 0.5) is 5.82 Å². The lowest BCUT2D eigenvalue weighted by Gasteiger charge is -2.12. The van der Waals surface area contributed by atoms with Crippen molar-refractivity contribution in [2.24, 2.45) is 0 Å². The van der Waals surface area contributed by atoms with Crippen molar-refractivity contribution in [3.05, 3.63) is 11.4 Å². The highest BCUT2D eigenvalue weighted by Crippen LogP contribution is 2.22. The molecule has 0 unspecified atom stereocenters. The molecule has 0 atom stereocenters. The fraction of sp³-hybridized carbons (Fsp3) is 0.667. The molecule has 0 aliphatic rings. The Bertz CT molecular complexity index is 367. The molecule has 0 amide bonds. The summed E-state index contributed by atoms with van der Waals surface area (Å²) in [6.45, 7) is 7.17. The van der Waals surface area contributed by atoms with Crippen LogP contribution in [0, 0.1) is 6.92 Å². The predicted octanol–water partition coefficient (Wildman–Crippen LogP) is 1.91. The molecule has 0 spiro atoms. The van der Waals surface area contributed by atoms with Gasteiger partial charge in [0.15, 0.2) is 0 Å². The van der Waals surface area contributed by atoms with Crippen molar-refractivity contribution in [3.63, 3.8) is 0 Å². The highest BCUT2D eigenvalue weighted by molar-refractivity contribution is 5.44. The molecule has 1 aromatic heterocycles. The maximum absolute atomic E-state index is 5.83. The van der Waals surface area contributed by atoms with Gasteiger partial charge in [-0.3, -0.25) is 0 Å². The summed E-state index contributed by atoms with van der Waals surface area (Å²) < 4.78 is 10.6. The fourth-order valence-corrected chi connectivity index (χ4v) is 1.30. The Kier molecular flexibility index (Phi) is 5.15. The molecule has 0 aliphatic carbocycles. The van der Waals surface area contributed by atoms with Crippen LogP contribution in [-0.4, -0.2) is 30.3 Å². The zero-order valence-corrected chi connectivity index (χ0v) is 11.0. The Morgan fingerprint density at radius 3 is 2.53 bits per heavy atom. The van der Waals surface area contributed by atoms with Crippen molar-refractivity contribution >= 4 is 5.82 Å². The molecule has 0 saturated heterocycles. The number of anilines is 1. The molecular weight excluding hydrogens is 218 g/mol. The van der Waals surface area contributed by atoms with Crippen molar-refractivity contribution < 1.29 is 9.47 Å². The zero-order chi connectivity index (χ0) is 12.8. The summed E-state index contributed by atoms with van der Waals surface area (Å²) in [5.41, 5.74) is 6.63. The van der Waals surface area contributed by atoms with Crippen LogP contribution in [0.5, 0.6) is 5.88 Å². The molecule has 1 aromatic rings. The number of methoxy groups -OCH3 is 1. The molecule has 0 aromatic carbocycles. The normalized spacial score (nSPS) is 10.9. The molecule has 96 valence electrons. The molecule has 1 rings (SSSR count). The van der Waals surface area contributed by atoms with Gasteiger partial charge in [-0.2, -0.15) is 4.98 Å². The van der Waals surface area contributed by atoms with E-state index < -0.39 is 0 Å². The summed E-state index contributed by atoms with van der Waals surface area (Å²) in [6.07, 6.45) is 0.830. The van der Waals surface area contributed by atoms with Crippen LogP contribution >= 0.6 is 0 Å². The number of nitrogens with zero attached hydrogens (tertiary/aromatic N) is 2. The fourth-order valence-electron chi connectivity index (χ4n) is 1.30. The van der Waals surface area contributed by atoms with Gasteiger partial charge in [-0.05, 0) is 6.92 Å². The number of hydrogen-bond acceptors (Lipinski definition) is 5. The second-order valence-corrected chi connectivity index (χ2v) is 4.25. The van der Waals surface area contributed by atoms with E-state index in [2.05, 4.69) is 9.97 Å². The Morgan fingerprint density at radius 1 is 1.24 bits per heavy atom. The van der Waals surface area contributed by atoms with Crippen LogP contribution in [-0.2, 0) is 4.74 Å². The average molecular weight is 239 g/mol. The number of hydrogen-bond donors (Lipinski definition) is 1. The maximum Gasteiger partial charge on any atom is 0.221 e. The summed E-state index contributed by atoms with van der Waals surface area (Å²) in [5, 5.41) is 0. The van der Waals surface area contributed by atoms with Crippen LogP contribution in [0.1, 0.15) is 37.6 Å². The smallest absolute Gasteiger partial charge is 0.221 e. The van der Waals surface area contributed by atoms with Crippen molar-refractivity contribution in [1.29, 1.82) is 0 Å². The topological polar surface area (TPSA) is 70.3 Å². The SMILES string of the molecule is COCCCOc1nc(C(C)C)nc(N)c1C. The number of nitrogens with two attached hydrogens (primary N) is 1. The third-order valence-corrected chi connectivity index (χ3v) is 2.40. The number of ether oxygens (including phenoxy) is 2. The van der Waals surface area contributed by atoms with Gasteiger partial charge in [0.05, 0.1) is 12.2 Å². The largest absolute Gasteiger partial charge is 0.477 e. The first kappa shape index (κ1) is 13.7. The Balaban J connectivity index is 2.75. The molecule has 0 saturated carbocycles. The van der Waals surface area contributed by atoms with Gasteiger partial charge < -0.3 is 15.2 Å². The summed E-state index contributed by atoms with van der Waals surface area (Å²) in [6, 6.07) is 0. The molecule has 5 nitrogen and oxygen atoms in total. The van der Waals surface area contributed by atoms with Gasteiger partial charge in [-0.25, -0.2) is 4.98 Å². The first-order valence-electron chi connectivity index (χ1n) is 5.82. The van der Waals surface area contributed by atoms with Crippen LogP contribution < -0.4 is 10.5 Å². The third kappa shape index (κ3) is 3.85. The lowest BCUT2D eigenvalue weighted by atomic mass is 10.2. The number of rotatable bonds is 6. The lowest BCUT2D eigenvalue weighted by molar-refractivity contribution is 0.170. The first-order chi connectivity index (χ1) is 8.06. The van der Waals surface area contributed by atoms with Crippen LogP contribution in [0.25, 0.3) is 0 Å². The van der Waals surface area contributed by atoms with Gasteiger partial charge in [0.1, 0.15) is 11.6 Å². The minimum absolute atomic E-state index is 0.235. The van der Waals surface area contributed by atoms with Crippen LogP contribution in [0.15, 0.2) is 0 Å². The van der Waals surface area contributed by atoms with Crippen molar-refractivity contribution in [2.45, 2.75) is 33.1 Å². The van der Waals surface area contributed by atoms with Crippen molar-refractivity contribution in [3.8, 4) is 5.88 Å². The zero-order valence-electron chi connectivity index (χ0n) is 11.0. The molecule has 0 radical (unpaired) electrons. The highest BCUT2D eigenvalue weighted by atomic mass is 16.5. The summed E-state index contributed by atoms with van der Waals surface area (Å²) in [5.74, 6) is 2.02. The van der Waals surface area contributed by atoms with E-state index in [0.717, 1.165) is 17.8 Å². The maximum atomic E-state index is 5.83. The number of aromatic nitrogens is 2. The van der Waals surface area contributed by atoms with E-state index in [1.807, 2.05) is 20.8 Å². The second kappa shape index (κ2) is 6.39. The van der Waals surface area contributed by atoms with Crippen LogP contribution in [0.3, 0.4) is 0 Å². The van der Waals surface area contributed by atoms with Gasteiger partial charge in [0.25, 0.3) is 0 Å². The predicted molar refractivity (Wildman–Crippen MR) is 67.3 cm³/mol. The Morgan fingerprint density at radius 2 is 1.94 bits per heavy atom. The molecule has 0 aliphatic heterocycles. The van der Waals surface area contributed by atoms with E-state index in [-0.39, 0.29) is 5.92 Å². The van der Waals surface area contributed by atoms with Gasteiger partial charge in [-0.1, -0.05) is 13.8 Å². The van der Waals surface area contributed by atoms with E-state index in [1.54, 1.807) is 7.11 Å². The van der Waals surface area contributed by atoms with E-state index in [4.69, 9.17) is 15.2 Å². The molecule has 5 heteroatoms. The first-order valence-corrected chi connectivity index (χ1v) is 5.82. The van der Waals surface area contributed by atoms with Crippen molar-refractivity contribution in [1.82, 2.24) is 9.97 Å². The summed E-state index contributed by atoms with van der Waals surface area (Å²) in [4.78, 5) is 8.62. The minimum Gasteiger partial charge on any atom is -0.477 e. The molecule has 0 bridgehead atoms. The lowest BCUT2D eigenvalue weighted by Crippen LogP contribution is -2.09. The highest BCUT2D eigenvalue weighted by Gasteiger charge is 2.11. The third-order valence-electron chi connectivity index (χ3n) is 2.40. The second-order valence-electron chi connectivity index (χ2n) is 4.25. The minimum atomic E-state index is 0.235. The Hall–Kier alpha value is -1.36. The van der Waals surface area contributed by atoms with Crippen LogP contribution in [0.2, 0.25) is 0 Å². The molecule has 0 fully saturated rings. The van der Waals surface area contributed by atoms with Gasteiger partial charge in [-0.15, -0.1) is 0 Å². The monoisotopic (exact) mass is 239 g/mol. The molecule has 1 heterocycles. The Labute approximate surface area is 102 Å². The molecule has 2 N–H and O–H groups in total. The quantitative estimate of drug-likeness (QED) is 0.768. The number of nitrogen functional groups attached to an aromatic ring is 1. The average Bonchev–Trinajstić information content (AvgIpc) is 2.29. The standard InChI is InChI=1S/C12H21N3O2/c1-8(2)11-14-10(13)9(3)12(15-11)17-7-5-6-16-4/h8H,5-7H2,1-4H3,(H2,13,14,15). The van der Waals surface area contributed by atoms with Gasteiger partial charge in [0, 0.05) is 26.1 Å².